The van der Waals surface area contributed by atoms with Crippen LogP contribution in [0, 0.1) is 0 Å². The summed E-state index contributed by atoms with van der Waals surface area (Å²) in [5.74, 6) is 1.82. The van der Waals surface area contributed by atoms with Gasteiger partial charge in [-0.05, 0) is 57.3 Å². The van der Waals surface area contributed by atoms with Crippen LogP contribution >= 0.6 is 0 Å². The van der Waals surface area contributed by atoms with Crippen LogP contribution in [-0.2, 0) is 0 Å². The van der Waals surface area contributed by atoms with Gasteiger partial charge in [-0.1, -0.05) is 127 Å². The molecule has 0 bridgehead atoms. The third-order valence-electron chi connectivity index (χ3n) is 8.76. The van der Waals surface area contributed by atoms with Crippen molar-refractivity contribution in [3.05, 3.63) is 164 Å². The average Bonchev–Trinajstić information content (AvgIpc) is 3.49. The molecule has 0 N–H and O–H groups in total. The van der Waals surface area contributed by atoms with Crippen molar-refractivity contribution in [3.8, 4) is 51.0 Å². The summed E-state index contributed by atoms with van der Waals surface area (Å²) < 4.78 is 2.22. The van der Waals surface area contributed by atoms with Crippen molar-refractivity contribution in [1.29, 1.82) is 0 Å². The van der Waals surface area contributed by atoms with Gasteiger partial charge >= 0.3 is 0 Å². The highest BCUT2D eigenvalue weighted by Gasteiger charge is 2.21. The second-order valence-corrected chi connectivity index (χ2v) is 11.5. The van der Waals surface area contributed by atoms with Gasteiger partial charge in [-0.3, -0.25) is 9.55 Å². The zero-order chi connectivity index (χ0) is 31.2. The molecule has 3 heterocycles. The predicted molar refractivity (Wildman–Crippen MR) is 191 cm³/mol. The van der Waals surface area contributed by atoms with E-state index in [1.807, 2.05) is 79.1 Å². The van der Waals surface area contributed by atoms with Crippen molar-refractivity contribution >= 4 is 32.6 Å². The van der Waals surface area contributed by atoms with Crippen LogP contribution in [0.5, 0.6) is 0 Å². The van der Waals surface area contributed by atoms with Crippen LogP contribution in [0.25, 0.3) is 83.6 Å². The largest absolute Gasteiger partial charge is 0.278 e. The third-order valence-corrected chi connectivity index (χ3v) is 8.76. The van der Waals surface area contributed by atoms with Gasteiger partial charge < -0.3 is 0 Å². The third kappa shape index (κ3) is 4.64. The number of rotatable bonds is 5. The molecule has 0 saturated heterocycles. The van der Waals surface area contributed by atoms with Gasteiger partial charge in [-0.15, -0.1) is 0 Å². The van der Waals surface area contributed by atoms with Gasteiger partial charge in [0.2, 0.25) is 5.95 Å². The number of pyridine rings is 1. The van der Waals surface area contributed by atoms with E-state index in [1.54, 1.807) is 0 Å². The summed E-state index contributed by atoms with van der Waals surface area (Å²) in [5, 5.41) is 4.66. The summed E-state index contributed by atoms with van der Waals surface area (Å²) in [6.07, 6.45) is 3.69. The minimum absolute atomic E-state index is 0.568. The van der Waals surface area contributed by atoms with Crippen LogP contribution in [-0.4, -0.2) is 24.5 Å². The first-order valence-electron chi connectivity index (χ1n) is 15.6. The molecular weight excluding hydrogens is 574 g/mol. The normalized spacial score (nSPS) is 11.4. The van der Waals surface area contributed by atoms with E-state index < -0.39 is 0 Å². The predicted octanol–water partition coefficient (Wildman–Crippen LogP) is 10.2. The summed E-state index contributed by atoms with van der Waals surface area (Å²) in [6, 6.07) is 52.5. The van der Waals surface area contributed by atoms with Crippen molar-refractivity contribution in [2.45, 2.75) is 0 Å². The van der Waals surface area contributed by atoms with E-state index >= 15 is 0 Å². The molecule has 9 rings (SSSR count). The van der Waals surface area contributed by atoms with Gasteiger partial charge in [-0.25, -0.2) is 4.98 Å². The molecule has 0 aliphatic rings. The van der Waals surface area contributed by atoms with Gasteiger partial charge in [0.25, 0.3) is 0 Å². The van der Waals surface area contributed by atoms with Crippen molar-refractivity contribution in [3.63, 3.8) is 0 Å². The van der Waals surface area contributed by atoms with Gasteiger partial charge in [0.15, 0.2) is 11.6 Å². The van der Waals surface area contributed by atoms with Gasteiger partial charge in [0.1, 0.15) is 0 Å². The van der Waals surface area contributed by atoms with Gasteiger partial charge in [0, 0.05) is 34.3 Å². The van der Waals surface area contributed by atoms with Crippen LogP contribution in [0.15, 0.2) is 164 Å². The quantitative estimate of drug-likeness (QED) is 0.197. The van der Waals surface area contributed by atoms with Crippen LogP contribution < -0.4 is 0 Å². The Bertz CT molecular complexity index is 2490. The fraction of sp³-hybridized carbons (Fsp3) is 0. The highest BCUT2D eigenvalue weighted by atomic mass is 15.2. The van der Waals surface area contributed by atoms with Gasteiger partial charge in [0.05, 0.1) is 11.0 Å². The first-order chi connectivity index (χ1) is 23.3. The van der Waals surface area contributed by atoms with Crippen molar-refractivity contribution in [1.82, 2.24) is 24.5 Å². The Labute approximate surface area is 271 Å². The van der Waals surface area contributed by atoms with E-state index in [4.69, 9.17) is 15.0 Å². The molecule has 0 spiro atoms. The van der Waals surface area contributed by atoms with Crippen LogP contribution in [0.2, 0.25) is 0 Å². The topological polar surface area (TPSA) is 56.5 Å². The Morgan fingerprint density at radius 2 is 0.957 bits per heavy atom. The van der Waals surface area contributed by atoms with E-state index in [9.17, 15) is 0 Å². The molecule has 0 saturated carbocycles. The maximum atomic E-state index is 5.19. The van der Waals surface area contributed by atoms with E-state index in [0.717, 1.165) is 55.2 Å². The number of hydrogen-bond donors (Lipinski definition) is 0. The molecule has 0 amide bonds. The second kappa shape index (κ2) is 11.2. The first kappa shape index (κ1) is 26.9. The molecule has 0 radical (unpaired) electrons. The fourth-order valence-corrected chi connectivity index (χ4v) is 6.57. The molecule has 0 fully saturated rings. The number of hydrogen-bond acceptors (Lipinski definition) is 4. The minimum Gasteiger partial charge on any atom is -0.278 e. The lowest BCUT2D eigenvalue weighted by atomic mass is 9.95. The maximum absolute atomic E-state index is 5.19. The van der Waals surface area contributed by atoms with E-state index in [-0.39, 0.29) is 0 Å². The second-order valence-electron chi connectivity index (χ2n) is 11.5. The van der Waals surface area contributed by atoms with E-state index in [1.165, 1.54) is 10.8 Å². The molecule has 6 aromatic carbocycles. The van der Waals surface area contributed by atoms with Crippen LogP contribution in [0.3, 0.4) is 0 Å². The number of aromatic nitrogens is 5. The molecule has 47 heavy (non-hydrogen) atoms. The smallest absolute Gasteiger partial charge is 0.238 e. The Morgan fingerprint density at radius 1 is 0.383 bits per heavy atom. The average molecular weight is 602 g/mol. The Morgan fingerprint density at radius 3 is 1.60 bits per heavy atom. The molecule has 0 atom stereocenters. The Balaban J connectivity index is 1.44. The molecular formula is C42H27N5. The molecule has 220 valence electrons. The van der Waals surface area contributed by atoms with Crippen LogP contribution in [0.4, 0.5) is 0 Å². The van der Waals surface area contributed by atoms with Crippen molar-refractivity contribution in [2.75, 3.05) is 0 Å². The van der Waals surface area contributed by atoms with E-state index in [0.29, 0.717) is 17.6 Å². The number of nitrogens with zero attached hydrogens (tertiary/aromatic N) is 5. The molecule has 3 aromatic heterocycles. The summed E-state index contributed by atoms with van der Waals surface area (Å²) in [6.45, 7) is 0. The Kier molecular flexibility index (Phi) is 6.39. The SMILES string of the molecule is c1ccc(-c2ccc3c4c5ccccc5c(-c5ccncc5)cc4n(-c4nc(-c5ccccc5)nc(-c5ccccc5)n4)c3c2)cc1. The number of benzene rings is 6. The minimum atomic E-state index is 0.568. The summed E-state index contributed by atoms with van der Waals surface area (Å²) in [5.41, 5.74) is 8.43. The summed E-state index contributed by atoms with van der Waals surface area (Å²) >= 11 is 0. The standard InChI is InChI=1S/C42H27N5/c1-4-12-28(13-5-1)32-20-21-35-37(26-32)47(38-27-36(29-22-24-43-25-23-29)33-18-10-11-19-34(33)39(35)38)42-45-40(30-14-6-2-7-15-30)44-41(46-42)31-16-8-3-9-17-31/h1-27H. The fourth-order valence-electron chi connectivity index (χ4n) is 6.57. The lowest BCUT2D eigenvalue weighted by Crippen LogP contribution is -2.06. The molecule has 5 nitrogen and oxygen atoms in total. The zero-order valence-electron chi connectivity index (χ0n) is 25.3. The molecule has 0 aliphatic heterocycles. The lowest BCUT2D eigenvalue weighted by molar-refractivity contribution is 0.954. The molecule has 9 aromatic rings. The molecule has 5 heteroatoms. The van der Waals surface area contributed by atoms with Gasteiger partial charge in [-0.2, -0.15) is 9.97 Å². The van der Waals surface area contributed by atoms with E-state index in [2.05, 4.69) is 94.5 Å². The van der Waals surface area contributed by atoms with Crippen molar-refractivity contribution in [2.24, 2.45) is 0 Å². The monoisotopic (exact) mass is 601 g/mol. The highest BCUT2D eigenvalue weighted by molar-refractivity contribution is 6.24. The molecule has 0 unspecified atom stereocenters. The zero-order valence-corrected chi connectivity index (χ0v) is 25.3. The number of fused-ring (bicyclic) bond motifs is 5. The van der Waals surface area contributed by atoms with Crippen molar-refractivity contribution < 1.29 is 0 Å². The summed E-state index contributed by atoms with van der Waals surface area (Å²) in [4.78, 5) is 19.7. The highest BCUT2D eigenvalue weighted by Crippen LogP contribution is 2.42. The molecule has 0 aliphatic carbocycles. The first-order valence-corrected chi connectivity index (χ1v) is 15.6. The maximum Gasteiger partial charge on any atom is 0.238 e. The lowest BCUT2D eigenvalue weighted by Gasteiger charge is -2.13. The summed E-state index contributed by atoms with van der Waals surface area (Å²) in [7, 11) is 0. The Hall–Kier alpha value is -6.46. The van der Waals surface area contributed by atoms with Crippen LogP contribution in [0.1, 0.15) is 0 Å².